The number of aromatic nitrogens is 2. The van der Waals surface area contributed by atoms with Crippen molar-refractivity contribution in [2.24, 2.45) is 0 Å². The average Bonchev–Trinajstić information content (AvgIpc) is 3.21. The Balaban J connectivity index is 1.52. The number of amides is 2. The summed E-state index contributed by atoms with van der Waals surface area (Å²) in [6.45, 7) is 2.50. The molecule has 2 amide bonds. The summed E-state index contributed by atoms with van der Waals surface area (Å²) < 4.78 is 43.4. The number of alkyl halides is 3. The predicted molar refractivity (Wildman–Crippen MR) is 124 cm³/mol. The zero-order valence-electron chi connectivity index (χ0n) is 19.5. The molecule has 12 heteroatoms. The van der Waals surface area contributed by atoms with Crippen molar-refractivity contribution in [1.82, 2.24) is 14.9 Å². The number of rotatable bonds is 8. The van der Waals surface area contributed by atoms with Crippen molar-refractivity contribution in [2.75, 3.05) is 55.5 Å². The molecule has 1 N–H and O–H groups in total. The van der Waals surface area contributed by atoms with E-state index in [0.29, 0.717) is 37.6 Å². The van der Waals surface area contributed by atoms with Gasteiger partial charge in [-0.25, -0.2) is 14.8 Å². The van der Waals surface area contributed by atoms with E-state index in [9.17, 15) is 22.8 Å². The van der Waals surface area contributed by atoms with Gasteiger partial charge in [-0.15, -0.1) is 0 Å². The minimum absolute atomic E-state index is 0.0947. The fourth-order valence-electron chi connectivity index (χ4n) is 4.10. The highest BCUT2D eigenvalue weighted by Gasteiger charge is 2.40. The summed E-state index contributed by atoms with van der Waals surface area (Å²) in [6, 6.07) is 5.70. The number of anilines is 3. The van der Waals surface area contributed by atoms with E-state index >= 15 is 0 Å². The molecule has 188 valence electrons. The van der Waals surface area contributed by atoms with Crippen LogP contribution in [-0.4, -0.2) is 79.2 Å². The normalized spacial score (nSPS) is 16.9. The number of halogens is 3. The Morgan fingerprint density at radius 2 is 2.06 bits per heavy atom. The van der Waals surface area contributed by atoms with Gasteiger partial charge in [-0.1, -0.05) is 0 Å². The second-order valence-electron chi connectivity index (χ2n) is 8.79. The smallest absolute Gasteiger partial charge is 0.389 e. The van der Waals surface area contributed by atoms with Gasteiger partial charge in [0, 0.05) is 38.3 Å². The molecule has 9 nitrogen and oxygen atoms in total. The van der Waals surface area contributed by atoms with Crippen LogP contribution in [0, 0.1) is 0 Å². The van der Waals surface area contributed by atoms with Gasteiger partial charge in [-0.2, -0.15) is 13.2 Å². The minimum atomic E-state index is -4.43. The van der Waals surface area contributed by atoms with Crippen molar-refractivity contribution in [2.45, 2.75) is 31.5 Å². The third kappa shape index (κ3) is 5.99. The van der Waals surface area contributed by atoms with E-state index in [1.165, 1.54) is 17.2 Å². The maximum absolute atomic E-state index is 13.3. The van der Waals surface area contributed by atoms with Crippen LogP contribution in [0.25, 0.3) is 0 Å². The molecule has 1 saturated heterocycles. The number of Topliss-reactive ketones (excluding diaryl/α,β-unsaturated/α-hetero) is 1. The van der Waals surface area contributed by atoms with E-state index in [4.69, 9.17) is 4.74 Å². The first-order valence-electron chi connectivity index (χ1n) is 11.3. The van der Waals surface area contributed by atoms with Crippen LogP contribution in [0.1, 0.15) is 29.8 Å². The molecule has 0 spiro atoms. The van der Waals surface area contributed by atoms with Crippen LogP contribution in [-0.2, 0) is 0 Å². The third-order valence-electron chi connectivity index (χ3n) is 5.87. The number of likely N-dealkylation sites (N-methyl/N-ethyl adjacent to an activating group) is 1. The molecule has 0 aliphatic carbocycles. The van der Waals surface area contributed by atoms with Gasteiger partial charge < -0.3 is 14.5 Å². The molecule has 4 heterocycles. The van der Waals surface area contributed by atoms with Gasteiger partial charge >= 0.3 is 12.2 Å². The molecule has 2 aliphatic rings. The van der Waals surface area contributed by atoms with Crippen LogP contribution < -0.4 is 19.9 Å². The molecule has 35 heavy (non-hydrogen) atoms. The van der Waals surface area contributed by atoms with Crippen molar-refractivity contribution in [1.29, 1.82) is 0 Å². The monoisotopic (exact) mass is 492 g/mol. The van der Waals surface area contributed by atoms with E-state index in [-0.39, 0.29) is 23.4 Å². The standard InChI is InChI=1S/C23H27F3N6O3/c1-30(2)11-12-35-16-6-9-27-20(13-16)29-22(34)32-15-7-10-31(14-15)18-4-3-17(28-21(18)32)19(33)5-8-23(24,25)26/h3-4,6,9,13,15H,5,7-8,10-12,14H2,1-2H3,(H,27,29,34)/t15-/m0/s1. The highest BCUT2D eigenvalue weighted by molar-refractivity contribution is 6.05. The fraction of sp³-hybridized carbons (Fsp3) is 0.478. The highest BCUT2D eigenvalue weighted by Crippen LogP contribution is 2.39. The van der Waals surface area contributed by atoms with Gasteiger partial charge in [0.25, 0.3) is 0 Å². The Kier molecular flexibility index (Phi) is 7.10. The Morgan fingerprint density at radius 3 is 2.80 bits per heavy atom. The van der Waals surface area contributed by atoms with Gasteiger partial charge in [-0.05, 0) is 38.7 Å². The Labute approximate surface area is 200 Å². The third-order valence-corrected chi connectivity index (χ3v) is 5.87. The number of carbonyl (C=O) groups excluding carboxylic acids is 2. The number of carbonyl (C=O) groups is 2. The molecular weight excluding hydrogens is 465 g/mol. The first-order valence-corrected chi connectivity index (χ1v) is 11.3. The van der Waals surface area contributed by atoms with Gasteiger partial charge in [0.2, 0.25) is 0 Å². The number of ketones is 1. The molecule has 0 unspecified atom stereocenters. The lowest BCUT2D eigenvalue weighted by Crippen LogP contribution is -2.48. The average molecular weight is 493 g/mol. The number of hydrogen-bond acceptors (Lipinski definition) is 7. The van der Waals surface area contributed by atoms with E-state index in [1.54, 1.807) is 18.2 Å². The van der Waals surface area contributed by atoms with Crippen LogP contribution in [0.15, 0.2) is 30.5 Å². The number of hydrogen-bond donors (Lipinski definition) is 1. The number of nitrogens with zero attached hydrogens (tertiary/aromatic N) is 5. The van der Waals surface area contributed by atoms with Gasteiger partial charge in [0.1, 0.15) is 23.9 Å². The van der Waals surface area contributed by atoms with Crippen molar-refractivity contribution < 1.29 is 27.5 Å². The molecule has 0 aromatic carbocycles. The highest BCUT2D eigenvalue weighted by atomic mass is 19.4. The molecule has 2 aliphatic heterocycles. The topological polar surface area (TPSA) is 90.9 Å². The van der Waals surface area contributed by atoms with E-state index in [0.717, 1.165) is 6.54 Å². The Bertz CT molecular complexity index is 1090. The van der Waals surface area contributed by atoms with Gasteiger partial charge in [0.15, 0.2) is 11.6 Å². The summed E-state index contributed by atoms with van der Waals surface area (Å²) in [5.74, 6) is 0.380. The predicted octanol–water partition coefficient (Wildman–Crippen LogP) is 3.57. The van der Waals surface area contributed by atoms with Gasteiger partial charge in [0.05, 0.1) is 18.2 Å². The molecule has 1 fully saturated rings. The lowest BCUT2D eigenvalue weighted by molar-refractivity contribution is -0.133. The maximum Gasteiger partial charge on any atom is 0.389 e. The summed E-state index contributed by atoms with van der Waals surface area (Å²) in [6.07, 6.45) is -4.13. The van der Waals surface area contributed by atoms with Crippen molar-refractivity contribution in [3.63, 3.8) is 0 Å². The summed E-state index contributed by atoms with van der Waals surface area (Å²) >= 11 is 0. The Morgan fingerprint density at radius 1 is 1.26 bits per heavy atom. The SMILES string of the molecule is CN(C)CCOc1ccnc(NC(=O)N2c3nc(C(=O)CCC(F)(F)F)ccc3N3CC[C@H]2C3)c1. The van der Waals surface area contributed by atoms with Crippen LogP contribution in [0.5, 0.6) is 5.75 Å². The second kappa shape index (κ2) is 10.1. The molecule has 0 saturated carbocycles. The summed E-state index contributed by atoms with van der Waals surface area (Å²) in [5, 5.41) is 2.76. The lowest BCUT2D eigenvalue weighted by atomic mass is 10.1. The maximum atomic E-state index is 13.3. The molecule has 2 aromatic rings. The first-order chi connectivity index (χ1) is 16.6. The summed E-state index contributed by atoms with van der Waals surface area (Å²) in [7, 11) is 3.87. The number of ether oxygens (including phenoxy) is 1. The zero-order valence-corrected chi connectivity index (χ0v) is 19.5. The van der Waals surface area contributed by atoms with Crippen LogP contribution in [0.2, 0.25) is 0 Å². The lowest BCUT2D eigenvalue weighted by Gasteiger charge is -2.35. The van der Waals surface area contributed by atoms with Crippen molar-refractivity contribution in [3.05, 3.63) is 36.2 Å². The van der Waals surface area contributed by atoms with E-state index in [1.807, 2.05) is 19.0 Å². The quantitative estimate of drug-likeness (QED) is 0.564. The molecular formula is C23H27F3N6O3. The molecule has 0 radical (unpaired) electrons. The zero-order chi connectivity index (χ0) is 25.2. The van der Waals surface area contributed by atoms with E-state index in [2.05, 4.69) is 20.2 Å². The summed E-state index contributed by atoms with van der Waals surface area (Å²) in [4.78, 5) is 39.7. The Hall–Kier alpha value is -3.41. The second-order valence-corrected chi connectivity index (χ2v) is 8.79. The fourth-order valence-corrected chi connectivity index (χ4v) is 4.10. The van der Waals surface area contributed by atoms with Crippen molar-refractivity contribution in [3.8, 4) is 5.75 Å². The minimum Gasteiger partial charge on any atom is -0.492 e. The number of pyridine rings is 2. The molecule has 2 aromatic heterocycles. The number of nitrogens with one attached hydrogen (secondary N) is 1. The van der Waals surface area contributed by atoms with Crippen molar-refractivity contribution >= 4 is 29.1 Å². The number of fused-ring (bicyclic) bond motifs is 4. The number of urea groups is 1. The molecule has 2 bridgehead atoms. The van der Waals surface area contributed by atoms with Crippen LogP contribution in [0.4, 0.5) is 35.3 Å². The van der Waals surface area contributed by atoms with E-state index < -0.39 is 30.8 Å². The largest absolute Gasteiger partial charge is 0.492 e. The van der Waals surface area contributed by atoms with Gasteiger partial charge in [-0.3, -0.25) is 15.0 Å². The first kappa shape index (κ1) is 24.7. The summed E-state index contributed by atoms with van der Waals surface area (Å²) in [5.41, 5.74) is 0.567. The molecule has 1 atom stereocenters. The van der Waals surface area contributed by atoms with Crippen LogP contribution >= 0.6 is 0 Å². The van der Waals surface area contributed by atoms with Crippen LogP contribution in [0.3, 0.4) is 0 Å². The molecule has 4 rings (SSSR count).